The van der Waals surface area contributed by atoms with Crippen LogP contribution in [0, 0.1) is 5.21 Å². The predicted molar refractivity (Wildman–Crippen MR) is 167 cm³/mol. The minimum absolute atomic E-state index is 0.136. The maximum atomic E-state index is 11.5. The largest absolute Gasteiger partial charge is 0.636 e. The lowest BCUT2D eigenvalue weighted by atomic mass is 10.1. The number of hydrogen-bond acceptors (Lipinski definition) is 4. The highest BCUT2D eigenvalue weighted by Gasteiger charge is 2.01. The average Bonchev–Trinajstić information content (AvgIpc) is 2.93. The summed E-state index contributed by atoms with van der Waals surface area (Å²) in [6.45, 7) is 7.06. The number of nitrogens with two attached hydrogens (primary N) is 2. The van der Waals surface area contributed by atoms with Crippen LogP contribution in [0.5, 0.6) is 0 Å². The molecule has 0 aromatic heterocycles. The normalized spacial score (nSPS) is 10.7. The third-order valence-electron chi connectivity index (χ3n) is 7.04. The molecule has 6 N–H and O–H groups in total. The molecule has 0 rings (SSSR count). The van der Waals surface area contributed by atoms with Gasteiger partial charge in [-0.05, 0) is 25.8 Å². The Balaban J connectivity index is 0. The molecular formula is C32H68N4O3. The van der Waals surface area contributed by atoms with Gasteiger partial charge in [-0.25, -0.2) is 0 Å². The topological polar surface area (TPSA) is 124 Å². The molecule has 0 aromatic carbocycles. The lowest BCUT2D eigenvalue weighted by Gasteiger charge is -2.05. The Morgan fingerprint density at radius 2 is 0.872 bits per heavy atom. The first kappa shape index (κ1) is 40.0. The fourth-order valence-corrected chi connectivity index (χ4v) is 4.47. The quantitative estimate of drug-likeness (QED) is 0.0610. The van der Waals surface area contributed by atoms with Crippen molar-refractivity contribution in [2.24, 2.45) is 5.73 Å². The molecule has 0 heterocycles. The van der Waals surface area contributed by atoms with Crippen LogP contribution in [0.2, 0.25) is 0 Å². The van der Waals surface area contributed by atoms with Gasteiger partial charge in [-0.2, -0.15) is 0 Å². The number of unbranched alkanes of at least 4 members (excludes halogenated alkanes) is 18. The Bertz CT molecular complexity index is 492. The van der Waals surface area contributed by atoms with Crippen molar-refractivity contribution >= 4 is 11.8 Å². The summed E-state index contributed by atoms with van der Waals surface area (Å²) in [5, 5.41) is 15.9. The van der Waals surface area contributed by atoms with Crippen molar-refractivity contribution in [2.45, 2.75) is 168 Å². The van der Waals surface area contributed by atoms with Gasteiger partial charge in [0.1, 0.15) is 0 Å². The summed E-state index contributed by atoms with van der Waals surface area (Å²) < 4.78 is 0. The van der Waals surface area contributed by atoms with Crippen LogP contribution in [0.4, 0.5) is 0 Å². The van der Waals surface area contributed by atoms with Crippen LogP contribution in [0.25, 0.3) is 0 Å². The van der Waals surface area contributed by atoms with Crippen LogP contribution in [0.15, 0.2) is 0 Å². The molecule has 0 aromatic rings. The van der Waals surface area contributed by atoms with E-state index < -0.39 is 0 Å². The Morgan fingerprint density at radius 1 is 0.538 bits per heavy atom. The summed E-state index contributed by atoms with van der Waals surface area (Å²) in [5.41, 5.74) is 6.26. The smallest absolute Gasteiger partial charge is 0.219 e. The van der Waals surface area contributed by atoms with Gasteiger partial charge in [0, 0.05) is 32.4 Å². The molecule has 0 saturated heterocycles. The number of hydroxylamine groups is 1. The second kappa shape index (κ2) is 36.8. The summed E-state index contributed by atoms with van der Waals surface area (Å²) in [6.07, 6.45) is 29.0. The molecule has 7 heteroatoms. The second-order valence-corrected chi connectivity index (χ2v) is 11.0. The Hall–Kier alpha value is -1.18. The van der Waals surface area contributed by atoms with Gasteiger partial charge in [0.2, 0.25) is 11.8 Å². The van der Waals surface area contributed by atoms with E-state index in [0.717, 1.165) is 44.1 Å². The Kier molecular flexibility index (Phi) is 37.7. The van der Waals surface area contributed by atoms with E-state index in [1.165, 1.54) is 109 Å². The molecule has 0 atom stereocenters. The van der Waals surface area contributed by atoms with Gasteiger partial charge in [0.25, 0.3) is 0 Å². The number of carbonyl (C=O) groups excluding carboxylic acids is 2. The molecule has 7 nitrogen and oxygen atoms in total. The first-order valence-electron chi connectivity index (χ1n) is 16.8. The number of quaternary nitrogens is 1. The molecule has 0 bridgehead atoms. The number of hydrogen-bond donors (Lipinski definition) is 4. The van der Waals surface area contributed by atoms with E-state index in [-0.39, 0.29) is 11.8 Å². The molecule has 0 fully saturated rings. The molecule has 234 valence electrons. The molecule has 0 radical (unpaired) electrons. The summed E-state index contributed by atoms with van der Waals surface area (Å²) in [7, 11) is 0. The van der Waals surface area contributed by atoms with Crippen molar-refractivity contribution in [3.8, 4) is 0 Å². The number of nitrogens with one attached hydrogen (secondary N) is 2. The zero-order chi connectivity index (χ0) is 29.1. The third kappa shape index (κ3) is 39.0. The number of carbonyl (C=O) groups is 2. The van der Waals surface area contributed by atoms with Gasteiger partial charge < -0.3 is 27.1 Å². The molecule has 2 amide bonds. The molecule has 0 aliphatic heterocycles. The van der Waals surface area contributed by atoms with Crippen molar-refractivity contribution < 1.29 is 15.1 Å². The van der Waals surface area contributed by atoms with Crippen LogP contribution < -0.4 is 21.8 Å². The van der Waals surface area contributed by atoms with E-state index in [1.807, 2.05) is 0 Å². The Labute approximate surface area is 242 Å². The summed E-state index contributed by atoms with van der Waals surface area (Å²) in [6, 6.07) is 0. The highest BCUT2D eigenvalue weighted by Crippen LogP contribution is 2.12. The average molecular weight is 557 g/mol. The van der Waals surface area contributed by atoms with E-state index >= 15 is 0 Å². The van der Waals surface area contributed by atoms with Gasteiger partial charge >= 0.3 is 0 Å². The van der Waals surface area contributed by atoms with Crippen molar-refractivity contribution in [1.29, 1.82) is 0 Å². The molecule has 0 aliphatic rings. The molecule has 0 unspecified atom stereocenters. The van der Waals surface area contributed by atoms with Crippen LogP contribution in [-0.2, 0) is 9.59 Å². The van der Waals surface area contributed by atoms with Crippen molar-refractivity contribution in [3.05, 3.63) is 5.21 Å². The molecule has 39 heavy (non-hydrogen) atoms. The molecular weight excluding hydrogens is 488 g/mol. The second-order valence-electron chi connectivity index (χ2n) is 11.0. The van der Waals surface area contributed by atoms with Crippen LogP contribution in [0.3, 0.4) is 0 Å². The number of rotatable bonds is 29. The van der Waals surface area contributed by atoms with Gasteiger partial charge in [0.15, 0.2) is 0 Å². The van der Waals surface area contributed by atoms with Crippen LogP contribution in [0.1, 0.15) is 168 Å². The summed E-state index contributed by atoms with van der Waals surface area (Å²) in [4.78, 5) is 22.8. The van der Waals surface area contributed by atoms with E-state index in [2.05, 4.69) is 24.5 Å². The van der Waals surface area contributed by atoms with E-state index in [1.54, 1.807) is 0 Å². The SMILES string of the molecule is CCCCCCCCCCCC(=O)NCCCN.CCCCCCCCCCCCCC(=O)NCCC[NH2+][O-]. The van der Waals surface area contributed by atoms with Gasteiger partial charge in [-0.3, -0.25) is 9.59 Å². The summed E-state index contributed by atoms with van der Waals surface area (Å²) in [5.74, 6) is 0.322. The monoisotopic (exact) mass is 557 g/mol. The fraction of sp³-hybridized carbons (Fsp3) is 0.938. The van der Waals surface area contributed by atoms with Crippen molar-refractivity contribution in [1.82, 2.24) is 10.6 Å². The van der Waals surface area contributed by atoms with E-state index in [4.69, 9.17) is 5.73 Å². The van der Waals surface area contributed by atoms with Gasteiger partial charge in [0.05, 0.1) is 6.54 Å². The Morgan fingerprint density at radius 3 is 1.21 bits per heavy atom. The lowest BCUT2D eigenvalue weighted by molar-refractivity contribution is -0.588. The minimum Gasteiger partial charge on any atom is -0.636 e. The maximum Gasteiger partial charge on any atom is 0.219 e. The standard InChI is InChI=1S/C17H36N2O2.C15H32N2O/c1-2-3-4-5-6-7-8-9-10-11-12-14-17(20)18-15-13-16-19-21;1-2-3-4-5-6-7-8-9-10-12-15(18)17-14-11-13-16/h2-16,19H2,1H3,(H,18,20);2-14,16H2,1H3,(H,17,18). The minimum atomic E-state index is 0.136. The predicted octanol–water partition coefficient (Wildman–Crippen LogP) is 6.63. The van der Waals surface area contributed by atoms with Crippen LogP contribution in [-0.4, -0.2) is 38.0 Å². The first-order chi connectivity index (χ1) is 19.1. The van der Waals surface area contributed by atoms with Crippen molar-refractivity contribution in [2.75, 3.05) is 26.2 Å². The van der Waals surface area contributed by atoms with E-state index in [0.29, 0.717) is 32.5 Å². The summed E-state index contributed by atoms with van der Waals surface area (Å²) >= 11 is 0. The van der Waals surface area contributed by atoms with Crippen molar-refractivity contribution in [3.63, 3.8) is 0 Å². The zero-order valence-corrected chi connectivity index (χ0v) is 26.2. The number of amides is 2. The van der Waals surface area contributed by atoms with Gasteiger partial charge in [-0.1, -0.05) is 129 Å². The highest BCUT2D eigenvalue weighted by atomic mass is 16.5. The van der Waals surface area contributed by atoms with E-state index in [9.17, 15) is 14.8 Å². The maximum absolute atomic E-state index is 11.5. The third-order valence-corrected chi connectivity index (χ3v) is 7.04. The molecule has 0 saturated carbocycles. The highest BCUT2D eigenvalue weighted by molar-refractivity contribution is 5.76. The molecule has 0 spiro atoms. The van der Waals surface area contributed by atoms with Gasteiger partial charge in [-0.15, -0.1) is 0 Å². The van der Waals surface area contributed by atoms with Crippen LogP contribution >= 0.6 is 0 Å². The lowest BCUT2D eigenvalue weighted by Crippen LogP contribution is -2.77. The fourth-order valence-electron chi connectivity index (χ4n) is 4.47. The first-order valence-corrected chi connectivity index (χ1v) is 16.8. The zero-order valence-electron chi connectivity index (χ0n) is 26.2. The molecule has 0 aliphatic carbocycles.